The van der Waals surface area contributed by atoms with Crippen LogP contribution in [0, 0.1) is 0 Å². The zero-order chi connectivity index (χ0) is 7.78. The Morgan fingerprint density at radius 3 is 2.40 bits per heavy atom. The van der Waals surface area contributed by atoms with E-state index in [0.717, 1.165) is 0 Å². The lowest BCUT2D eigenvalue weighted by Crippen LogP contribution is -2.26. The second kappa shape index (κ2) is 2.39. The first-order valence-corrected chi connectivity index (χ1v) is 3.01. The molecule has 0 aromatic rings. The van der Waals surface area contributed by atoms with Gasteiger partial charge in [0.05, 0.1) is 0 Å². The maximum atomic E-state index is 11.6. The van der Waals surface area contributed by atoms with Crippen LogP contribution in [0.5, 0.6) is 0 Å². The van der Waals surface area contributed by atoms with Crippen LogP contribution in [0.1, 0.15) is 6.92 Å². The molecule has 2 atom stereocenters. The fourth-order valence-corrected chi connectivity index (χ4v) is 0.718. The molecule has 10 heavy (non-hydrogen) atoms. The van der Waals surface area contributed by atoms with E-state index in [1.54, 1.807) is 6.92 Å². The molecule has 2 unspecified atom stereocenters. The van der Waals surface area contributed by atoms with Crippen LogP contribution in [0.3, 0.4) is 0 Å². The Hall–Kier alpha value is -0.290. The van der Waals surface area contributed by atoms with Crippen molar-refractivity contribution >= 4 is 0 Å². The van der Waals surface area contributed by atoms with Crippen LogP contribution in [0.2, 0.25) is 0 Å². The Bertz CT molecular complexity index is 125. The molecule has 0 bridgehead atoms. The van der Waals surface area contributed by atoms with Crippen molar-refractivity contribution in [2.45, 2.75) is 25.4 Å². The number of hydrogen-bond acceptors (Lipinski definition) is 2. The fourth-order valence-electron chi connectivity index (χ4n) is 0.718. The lowest BCUT2D eigenvalue weighted by atomic mass is 10.4. The van der Waals surface area contributed by atoms with Gasteiger partial charge in [-0.15, -0.1) is 0 Å². The van der Waals surface area contributed by atoms with Crippen molar-refractivity contribution in [3.63, 3.8) is 0 Å². The number of nitrogens with one attached hydrogen (secondary N) is 1. The first kappa shape index (κ1) is 7.81. The first-order chi connectivity index (χ1) is 4.55. The second-order valence-corrected chi connectivity index (χ2v) is 2.08. The van der Waals surface area contributed by atoms with Crippen LogP contribution in [0.25, 0.3) is 0 Å². The molecule has 0 amide bonds. The Morgan fingerprint density at radius 1 is 1.50 bits per heavy atom. The van der Waals surface area contributed by atoms with E-state index in [-0.39, 0.29) is 0 Å². The van der Waals surface area contributed by atoms with Crippen molar-refractivity contribution in [3.8, 4) is 0 Å². The zero-order valence-electron chi connectivity index (χ0n) is 5.40. The highest BCUT2D eigenvalue weighted by Gasteiger charge is 2.57. The largest absolute Gasteiger partial charge is 0.418 e. The van der Waals surface area contributed by atoms with Crippen molar-refractivity contribution in [2.24, 2.45) is 0 Å². The molecular formula is C5H8F3NO. The van der Waals surface area contributed by atoms with Gasteiger partial charge in [-0.3, -0.25) is 5.32 Å². The van der Waals surface area contributed by atoms with Crippen LogP contribution in [-0.4, -0.2) is 25.1 Å². The predicted octanol–water partition coefficient (Wildman–Crippen LogP) is 0.883. The Kier molecular flexibility index (Phi) is 1.87. The number of likely N-dealkylation sites (N-methyl/N-ethyl adjacent to an activating group) is 1. The van der Waals surface area contributed by atoms with Gasteiger partial charge in [0, 0.05) is 0 Å². The molecule has 1 rings (SSSR count). The number of ether oxygens (including phenoxy) is 1. The monoisotopic (exact) mass is 155 g/mol. The SMILES string of the molecule is CCNC1OC1C(F)(F)F. The van der Waals surface area contributed by atoms with Gasteiger partial charge in [0.25, 0.3) is 0 Å². The van der Waals surface area contributed by atoms with Gasteiger partial charge < -0.3 is 4.74 Å². The third-order valence-corrected chi connectivity index (χ3v) is 1.22. The molecule has 0 radical (unpaired) electrons. The van der Waals surface area contributed by atoms with E-state index in [9.17, 15) is 13.2 Å². The molecule has 1 aliphatic rings. The number of halogens is 3. The molecule has 1 N–H and O–H groups in total. The standard InChI is InChI=1S/C5H8F3NO/c1-2-9-4-3(10-4)5(6,7)8/h3-4,9H,2H2,1H3. The van der Waals surface area contributed by atoms with E-state index >= 15 is 0 Å². The molecular weight excluding hydrogens is 147 g/mol. The minimum Gasteiger partial charge on any atom is -0.343 e. The van der Waals surface area contributed by atoms with Gasteiger partial charge in [-0.2, -0.15) is 13.2 Å². The molecule has 1 heterocycles. The van der Waals surface area contributed by atoms with Crippen LogP contribution in [-0.2, 0) is 4.74 Å². The van der Waals surface area contributed by atoms with Crippen LogP contribution < -0.4 is 5.32 Å². The lowest BCUT2D eigenvalue weighted by molar-refractivity contribution is -0.146. The topological polar surface area (TPSA) is 24.6 Å². The summed E-state index contributed by atoms with van der Waals surface area (Å²) in [7, 11) is 0. The molecule has 0 aliphatic carbocycles. The summed E-state index contributed by atoms with van der Waals surface area (Å²) in [5, 5.41) is 2.53. The number of rotatable bonds is 2. The van der Waals surface area contributed by atoms with Crippen molar-refractivity contribution < 1.29 is 17.9 Å². The first-order valence-electron chi connectivity index (χ1n) is 3.01. The van der Waals surface area contributed by atoms with Gasteiger partial charge in [0.2, 0.25) is 0 Å². The van der Waals surface area contributed by atoms with E-state index in [4.69, 9.17) is 0 Å². The quantitative estimate of drug-likeness (QED) is 0.599. The third kappa shape index (κ3) is 1.60. The van der Waals surface area contributed by atoms with Crippen molar-refractivity contribution in [1.82, 2.24) is 5.32 Å². The van der Waals surface area contributed by atoms with Crippen LogP contribution in [0.15, 0.2) is 0 Å². The van der Waals surface area contributed by atoms with E-state index in [2.05, 4.69) is 10.1 Å². The van der Waals surface area contributed by atoms with E-state index in [0.29, 0.717) is 6.54 Å². The molecule has 0 saturated carbocycles. The molecule has 60 valence electrons. The summed E-state index contributed by atoms with van der Waals surface area (Å²) >= 11 is 0. The molecule has 2 nitrogen and oxygen atoms in total. The fraction of sp³-hybridized carbons (Fsp3) is 1.00. The zero-order valence-corrected chi connectivity index (χ0v) is 5.40. The smallest absolute Gasteiger partial charge is 0.343 e. The summed E-state index contributed by atoms with van der Waals surface area (Å²) in [6, 6.07) is 0. The van der Waals surface area contributed by atoms with Crippen LogP contribution in [0.4, 0.5) is 13.2 Å². The van der Waals surface area contributed by atoms with Gasteiger partial charge in [-0.25, -0.2) is 0 Å². The van der Waals surface area contributed by atoms with E-state index in [1.807, 2.05) is 0 Å². The number of alkyl halides is 3. The van der Waals surface area contributed by atoms with Crippen LogP contribution >= 0.6 is 0 Å². The summed E-state index contributed by atoms with van der Waals surface area (Å²) in [5.41, 5.74) is 0. The summed E-state index contributed by atoms with van der Waals surface area (Å²) in [4.78, 5) is 0. The number of epoxide rings is 1. The highest BCUT2D eigenvalue weighted by atomic mass is 19.4. The molecule has 1 saturated heterocycles. The molecule has 0 aromatic carbocycles. The van der Waals surface area contributed by atoms with E-state index in [1.165, 1.54) is 0 Å². The van der Waals surface area contributed by atoms with Crippen molar-refractivity contribution in [2.75, 3.05) is 6.54 Å². The van der Waals surface area contributed by atoms with Crippen molar-refractivity contribution in [3.05, 3.63) is 0 Å². The van der Waals surface area contributed by atoms with E-state index < -0.39 is 18.5 Å². The number of hydrogen-bond donors (Lipinski definition) is 1. The Labute approximate surface area is 56.4 Å². The third-order valence-electron chi connectivity index (χ3n) is 1.22. The normalized spacial score (nSPS) is 32.4. The maximum Gasteiger partial charge on any atom is 0.418 e. The lowest BCUT2D eigenvalue weighted by Gasteiger charge is -1.99. The molecule has 0 spiro atoms. The van der Waals surface area contributed by atoms with Gasteiger partial charge >= 0.3 is 6.18 Å². The summed E-state index contributed by atoms with van der Waals surface area (Å²) in [6.07, 6.45) is -6.58. The molecule has 0 aromatic heterocycles. The van der Waals surface area contributed by atoms with Crippen molar-refractivity contribution in [1.29, 1.82) is 0 Å². The second-order valence-electron chi connectivity index (χ2n) is 2.08. The minimum absolute atomic E-state index is 0.497. The van der Waals surface area contributed by atoms with Gasteiger partial charge in [-0.05, 0) is 6.54 Å². The van der Waals surface area contributed by atoms with Gasteiger partial charge in [0.15, 0.2) is 6.10 Å². The average molecular weight is 155 g/mol. The molecule has 1 aliphatic heterocycles. The molecule has 5 heteroatoms. The summed E-state index contributed by atoms with van der Waals surface area (Å²) in [5.74, 6) is 0. The minimum atomic E-state index is -4.20. The van der Waals surface area contributed by atoms with Gasteiger partial charge in [0.1, 0.15) is 6.23 Å². The maximum absolute atomic E-state index is 11.6. The highest BCUT2D eigenvalue weighted by molar-refractivity contribution is 4.88. The molecule has 1 fully saturated rings. The highest BCUT2D eigenvalue weighted by Crippen LogP contribution is 2.35. The predicted molar refractivity (Wildman–Crippen MR) is 28.4 cm³/mol. The average Bonchev–Trinajstić information content (AvgIpc) is 2.44. The Balaban J connectivity index is 2.25. The Morgan fingerprint density at radius 2 is 2.10 bits per heavy atom. The summed E-state index contributed by atoms with van der Waals surface area (Å²) < 4.78 is 39.2. The summed E-state index contributed by atoms with van der Waals surface area (Å²) in [6.45, 7) is 2.23. The van der Waals surface area contributed by atoms with Gasteiger partial charge in [-0.1, -0.05) is 6.92 Å².